The summed E-state index contributed by atoms with van der Waals surface area (Å²) in [4.78, 5) is 14.9. The third-order valence-electron chi connectivity index (χ3n) is 5.51. The number of nitrogens with zero attached hydrogens (tertiary/aromatic N) is 5. The van der Waals surface area contributed by atoms with Crippen LogP contribution in [0.4, 0.5) is 5.82 Å². The van der Waals surface area contributed by atoms with Crippen LogP contribution in [-0.2, 0) is 11.3 Å². The van der Waals surface area contributed by atoms with Gasteiger partial charge in [0, 0.05) is 25.6 Å². The van der Waals surface area contributed by atoms with Gasteiger partial charge in [0.2, 0.25) is 5.91 Å². The van der Waals surface area contributed by atoms with Crippen LogP contribution in [-0.4, -0.2) is 53.0 Å². The minimum absolute atomic E-state index is 0.00164. The number of aromatic nitrogens is 4. The van der Waals surface area contributed by atoms with Crippen molar-refractivity contribution in [2.45, 2.75) is 26.3 Å². The summed E-state index contributed by atoms with van der Waals surface area (Å²) in [6.45, 7) is 3.92. The molecule has 1 aliphatic heterocycles. The largest absolute Gasteiger partial charge is 0.493 e. The number of hydrogen-bond donors (Lipinski definition) is 1. The lowest BCUT2D eigenvalue weighted by Crippen LogP contribution is -2.40. The van der Waals surface area contributed by atoms with E-state index in [2.05, 4.69) is 25.5 Å². The lowest BCUT2D eigenvalue weighted by molar-refractivity contribution is -0.125. The SMILES string of the molecule is COc1ccc(CNC(=O)C2CCN(c3ccc4nnc(C)n4n3)CC2)cc1OC. The molecule has 9 heteroatoms. The summed E-state index contributed by atoms with van der Waals surface area (Å²) in [7, 11) is 3.21. The van der Waals surface area contributed by atoms with E-state index < -0.39 is 0 Å². The average Bonchev–Trinajstić information content (AvgIpc) is 3.17. The molecule has 0 atom stereocenters. The lowest BCUT2D eigenvalue weighted by Gasteiger charge is -2.32. The number of ether oxygens (including phenoxy) is 2. The van der Waals surface area contributed by atoms with Gasteiger partial charge in [0.15, 0.2) is 23.0 Å². The van der Waals surface area contributed by atoms with Crippen molar-refractivity contribution >= 4 is 17.4 Å². The highest BCUT2D eigenvalue weighted by atomic mass is 16.5. The van der Waals surface area contributed by atoms with Crippen molar-refractivity contribution in [2.24, 2.45) is 5.92 Å². The molecule has 2 aromatic heterocycles. The second-order valence-electron chi connectivity index (χ2n) is 7.38. The van der Waals surface area contributed by atoms with Crippen LogP contribution in [0.15, 0.2) is 30.3 Å². The zero-order valence-electron chi connectivity index (χ0n) is 17.5. The maximum Gasteiger partial charge on any atom is 0.223 e. The number of aryl methyl sites for hydroxylation is 1. The predicted octanol–water partition coefficient (Wildman–Crippen LogP) is 1.98. The Morgan fingerprint density at radius 1 is 1.10 bits per heavy atom. The van der Waals surface area contributed by atoms with Crippen molar-refractivity contribution in [3.8, 4) is 11.5 Å². The summed E-state index contributed by atoms with van der Waals surface area (Å²) in [6.07, 6.45) is 1.58. The highest BCUT2D eigenvalue weighted by molar-refractivity contribution is 5.79. The standard InChI is InChI=1S/C21H26N6O3/c1-14-23-24-19-6-7-20(25-27(14)19)26-10-8-16(9-11-26)21(28)22-13-15-4-5-17(29-2)18(12-15)30-3/h4-7,12,16H,8-11,13H2,1-3H3,(H,22,28). The summed E-state index contributed by atoms with van der Waals surface area (Å²) in [5.74, 6) is 3.06. The Hall–Kier alpha value is -3.36. The first-order valence-electron chi connectivity index (χ1n) is 10.0. The van der Waals surface area contributed by atoms with Crippen molar-refractivity contribution in [1.82, 2.24) is 25.1 Å². The zero-order valence-corrected chi connectivity index (χ0v) is 17.5. The molecule has 1 aliphatic rings. The molecule has 1 saturated heterocycles. The topological polar surface area (TPSA) is 93.9 Å². The van der Waals surface area contributed by atoms with Gasteiger partial charge in [0.1, 0.15) is 5.82 Å². The van der Waals surface area contributed by atoms with Crippen LogP contribution in [0.25, 0.3) is 5.65 Å². The van der Waals surface area contributed by atoms with Crippen LogP contribution < -0.4 is 19.7 Å². The Balaban J connectivity index is 1.32. The summed E-state index contributed by atoms with van der Waals surface area (Å²) in [5, 5.41) is 15.8. The second-order valence-corrected chi connectivity index (χ2v) is 7.38. The fourth-order valence-electron chi connectivity index (χ4n) is 3.75. The Bertz CT molecular complexity index is 1040. The number of rotatable bonds is 6. The molecule has 0 spiro atoms. The maximum absolute atomic E-state index is 12.7. The van der Waals surface area contributed by atoms with Crippen LogP contribution in [0, 0.1) is 12.8 Å². The van der Waals surface area contributed by atoms with E-state index in [0.717, 1.165) is 48.8 Å². The Kier molecular flexibility index (Phi) is 5.69. The third kappa shape index (κ3) is 4.00. The van der Waals surface area contributed by atoms with E-state index in [9.17, 15) is 4.79 Å². The number of amides is 1. The number of benzene rings is 1. The Morgan fingerprint density at radius 2 is 1.87 bits per heavy atom. The molecule has 1 N–H and O–H groups in total. The maximum atomic E-state index is 12.7. The van der Waals surface area contributed by atoms with Gasteiger partial charge in [-0.05, 0) is 49.6 Å². The molecular weight excluding hydrogens is 384 g/mol. The van der Waals surface area contributed by atoms with Gasteiger partial charge in [0.25, 0.3) is 0 Å². The predicted molar refractivity (Wildman–Crippen MR) is 112 cm³/mol. The molecule has 0 bridgehead atoms. The van der Waals surface area contributed by atoms with Gasteiger partial charge in [-0.2, -0.15) is 4.52 Å². The van der Waals surface area contributed by atoms with E-state index in [-0.39, 0.29) is 11.8 Å². The summed E-state index contributed by atoms with van der Waals surface area (Å²) < 4.78 is 12.3. The molecule has 0 aliphatic carbocycles. The first kappa shape index (κ1) is 19.9. The van der Waals surface area contributed by atoms with Crippen molar-refractivity contribution in [1.29, 1.82) is 0 Å². The van der Waals surface area contributed by atoms with Crippen LogP contribution in [0.1, 0.15) is 24.2 Å². The van der Waals surface area contributed by atoms with Crippen molar-refractivity contribution in [3.05, 3.63) is 41.7 Å². The molecule has 9 nitrogen and oxygen atoms in total. The van der Waals surface area contributed by atoms with Gasteiger partial charge < -0.3 is 19.7 Å². The molecular formula is C21H26N6O3. The number of anilines is 1. The number of carbonyl (C=O) groups excluding carboxylic acids is 1. The van der Waals surface area contributed by atoms with E-state index in [1.54, 1.807) is 18.7 Å². The number of piperidine rings is 1. The molecule has 1 fully saturated rings. The molecule has 0 saturated carbocycles. The second kappa shape index (κ2) is 8.56. The summed E-state index contributed by atoms with van der Waals surface area (Å²) in [5.41, 5.74) is 1.71. The Morgan fingerprint density at radius 3 is 2.60 bits per heavy atom. The van der Waals surface area contributed by atoms with E-state index >= 15 is 0 Å². The highest BCUT2D eigenvalue weighted by Gasteiger charge is 2.26. The fourth-order valence-corrected chi connectivity index (χ4v) is 3.75. The van der Waals surface area contributed by atoms with E-state index in [1.807, 2.05) is 37.3 Å². The quantitative estimate of drug-likeness (QED) is 0.664. The van der Waals surface area contributed by atoms with Gasteiger partial charge in [-0.15, -0.1) is 15.3 Å². The monoisotopic (exact) mass is 410 g/mol. The molecule has 30 heavy (non-hydrogen) atoms. The molecule has 3 heterocycles. The molecule has 4 rings (SSSR count). The fraction of sp³-hybridized carbons (Fsp3) is 0.429. The summed E-state index contributed by atoms with van der Waals surface area (Å²) in [6, 6.07) is 9.54. The Labute approximate surface area is 175 Å². The van der Waals surface area contributed by atoms with Crippen LogP contribution >= 0.6 is 0 Å². The van der Waals surface area contributed by atoms with E-state index in [1.165, 1.54) is 0 Å². The van der Waals surface area contributed by atoms with Crippen molar-refractivity contribution in [3.63, 3.8) is 0 Å². The van der Waals surface area contributed by atoms with Gasteiger partial charge in [-0.3, -0.25) is 4.79 Å². The van der Waals surface area contributed by atoms with E-state index in [4.69, 9.17) is 9.47 Å². The van der Waals surface area contributed by atoms with E-state index in [0.29, 0.717) is 18.0 Å². The normalized spacial score (nSPS) is 14.7. The van der Waals surface area contributed by atoms with Gasteiger partial charge >= 0.3 is 0 Å². The number of carbonyl (C=O) groups is 1. The average molecular weight is 410 g/mol. The molecule has 0 radical (unpaired) electrons. The summed E-state index contributed by atoms with van der Waals surface area (Å²) >= 11 is 0. The van der Waals surface area contributed by atoms with Gasteiger partial charge in [0.05, 0.1) is 14.2 Å². The number of fused-ring (bicyclic) bond motifs is 1. The number of methoxy groups -OCH3 is 2. The molecule has 0 unspecified atom stereocenters. The molecule has 158 valence electrons. The molecule has 3 aromatic rings. The van der Waals surface area contributed by atoms with Crippen LogP contribution in [0.3, 0.4) is 0 Å². The van der Waals surface area contributed by atoms with Crippen LogP contribution in [0.2, 0.25) is 0 Å². The molecule has 1 amide bonds. The minimum atomic E-state index is 0.00164. The van der Waals surface area contributed by atoms with Crippen LogP contribution in [0.5, 0.6) is 11.5 Å². The minimum Gasteiger partial charge on any atom is -0.493 e. The lowest BCUT2D eigenvalue weighted by atomic mass is 9.96. The first-order valence-corrected chi connectivity index (χ1v) is 10.0. The van der Waals surface area contributed by atoms with Crippen molar-refractivity contribution in [2.75, 3.05) is 32.2 Å². The smallest absolute Gasteiger partial charge is 0.223 e. The molecule has 1 aromatic carbocycles. The van der Waals surface area contributed by atoms with Crippen molar-refractivity contribution < 1.29 is 14.3 Å². The number of nitrogens with one attached hydrogen (secondary N) is 1. The highest BCUT2D eigenvalue weighted by Crippen LogP contribution is 2.27. The van der Waals surface area contributed by atoms with Gasteiger partial charge in [-0.25, -0.2) is 0 Å². The number of hydrogen-bond acceptors (Lipinski definition) is 7. The first-order chi connectivity index (χ1) is 14.6. The third-order valence-corrected chi connectivity index (χ3v) is 5.51. The zero-order chi connectivity index (χ0) is 21.1. The van der Waals surface area contributed by atoms with Gasteiger partial charge in [-0.1, -0.05) is 6.07 Å².